The number of hydrogen-bond acceptors (Lipinski definition) is 6. The molecule has 0 amide bonds. The Labute approximate surface area is 218 Å². The number of ether oxygens (including phenoxy) is 3. The molecule has 0 bridgehead atoms. The first-order chi connectivity index (χ1) is 16.2. The Balaban J connectivity index is 0.00000171. The summed E-state index contributed by atoms with van der Waals surface area (Å²) in [5, 5.41) is 1.12. The third-order valence-corrected chi connectivity index (χ3v) is 6.62. The Bertz CT molecular complexity index is 1130. The average Bonchev–Trinajstić information content (AvgIpc) is 3.28. The lowest BCUT2D eigenvalue weighted by atomic mass is 10.0. The average molecular weight is 522 g/mol. The van der Waals surface area contributed by atoms with Gasteiger partial charge in [0.15, 0.2) is 11.5 Å². The van der Waals surface area contributed by atoms with Gasteiger partial charge in [0, 0.05) is 55.0 Å². The van der Waals surface area contributed by atoms with E-state index in [4.69, 9.17) is 14.2 Å². The van der Waals surface area contributed by atoms with E-state index in [0.29, 0.717) is 18.8 Å². The van der Waals surface area contributed by atoms with Gasteiger partial charge in [-0.05, 0) is 61.7 Å². The second kappa shape index (κ2) is 12.4. The van der Waals surface area contributed by atoms with Crippen molar-refractivity contribution in [1.82, 2.24) is 9.88 Å². The Hall–Kier alpha value is -2.61. The molecule has 0 atom stereocenters. The second-order valence-corrected chi connectivity index (χ2v) is 8.68. The van der Waals surface area contributed by atoms with Gasteiger partial charge >= 0.3 is 5.97 Å². The van der Waals surface area contributed by atoms with Crippen LogP contribution in [-0.4, -0.2) is 68.9 Å². The number of H-pyrrole nitrogens is 1. The number of aromatic amines is 1. The van der Waals surface area contributed by atoms with Crippen molar-refractivity contribution < 1.29 is 19.0 Å². The van der Waals surface area contributed by atoms with Crippen LogP contribution in [-0.2, 0) is 11.2 Å². The Morgan fingerprint density at radius 2 is 1.74 bits per heavy atom. The lowest BCUT2D eigenvalue weighted by Crippen LogP contribution is -2.46. The van der Waals surface area contributed by atoms with Crippen molar-refractivity contribution in [3.8, 4) is 11.5 Å². The summed E-state index contributed by atoms with van der Waals surface area (Å²) in [6, 6.07) is 12.0. The number of aromatic nitrogens is 1. The number of methoxy groups -OCH3 is 1. The SMILES string of the molecule is COC(=O)c1ccc2[nH]cc(CCCCN3CCN(c4ccc5c(c4)OCCO5)CC3)c2c1.Cl.Cl. The molecule has 1 saturated heterocycles. The molecular weight excluding hydrogens is 489 g/mol. The van der Waals surface area contributed by atoms with Gasteiger partial charge in [-0.3, -0.25) is 4.90 Å². The van der Waals surface area contributed by atoms with Gasteiger partial charge in [0.2, 0.25) is 0 Å². The molecule has 1 aromatic heterocycles. The van der Waals surface area contributed by atoms with E-state index in [9.17, 15) is 4.79 Å². The number of benzene rings is 2. The molecule has 190 valence electrons. The van der Waals surface area contributed by atoms with Crippen LogP contribution in [0.3, 0.4) is 0 Å². The molecule has 0 unspecified atom stereocenters. The molecule has 0 radical (unpaired) electrons. The van der Waals surface area contributed by atoms with Crippen LogP contribution in [0, 0.1) is 0 Å². The van der Waals surface area contributed by atoms with E-state index in [1.807, 2.05) is 18.2 Å². The zero-order chi connectivity index (χ0) is 22.6. The van der Waals surface area contributed by atoms with Crippen molar-refractivity contribution in [3.05, 3.63) is 53.7 Å². The van der Waals surface area contributed by atoms with E-state index >= 15 is 0 Å². The number of anilines is 1. The number of piperazine rings is 1. The summed E-state index contributed by atoms with van der Waals surface area (Å²) in [6.45, 7) is 6.56. The minimum Gasteiger partial charge on any atom is -0.486 e. The third kappa shape index (κ3) is 6.15. The van der Waals surface area contributed by atoms with E-state index in [1.165, 1.54) is 18.4 Å². The fourth-order valence-electron chi connectivity index (χ4n) is 4.74. The number of nitrogens with one attached hydrogen (secondary N) is 1. The lowest BCUT2D eigenvalue weighted by Gasteiger charge is -2.36. The van der Waals surface area contributed by atoms with Gasteiger partial charge in [-0.1, -0.05) is 0 Å². The largest absolute Gasteiger partial charge is 0.486 e. The third-order valence-electron chi connectivity index (χ3n) is 6.62. The van der Waals surface area contributed by atoms with E-state index < -0.39 is 0 Å². The van der Waals surface area contributed by atoms with Gasteiger partial charge in [-0.25, -0.2) is 4.79 Å². The number of nitrogens with zero attached hydrogens (tertiary/aromatic N) is 2. The van der Waals surface area contributed by atoms with Crippen molar-refractivity contribution in [2.45, 2.75) is 19.3 Å². The molecule has 3 heterocycles. The first-order valence-corrected chi connectivity index (χ1v) is 11.8. The maximum atomic E-state index is 11.8. The molecule has 9 heteroatoms. The van der Waals surface area contributed by atoms with Gasteiger partial charge in [0.05, 0.1) is 12.7 Å². The van der Waals surface area contributed by atoms with Crippen LogP contribution >= 0.6 is 24.8 Å². The summed E-state index contributed by atoms with van der Waals surface area (Å²) in [6.07, 6.45) is 5.35. The molecule has 1 fully saturated rings. The Morgan fingerprint density at radius 3 is 2.51 bits per heavy atom. The van der Waals surface area contributed by atoms with Crippen LogP contribution in [0.4, 0.5) is 5.69 Å². The first kappa shape index (κ1) is 27.0. The first-order valence-electron chi connectivity index (χ1n) is 11.8. The van der Waals surface area contributed by atoms with Crippen molar-refractivity contribution in [1.29, 1.82) is 0 Å². The molecule has 7 nitrogen and oxygen atoms in total. The quantitative estimate of drug-likeness (QED) is 0.358. The molecule has 0 saturated carbocycles. The number of unbranched alkanes of at least 4 members (excludes halogenated alkanes) is 1. The molecule has 1 N–H and O–H groups in total. The van der Waals surface area contributed by atoms with Crippen molar-refractivity contribution in [2.24, 2.45) is 0 Å². The van der Waals surface area contributed by atoms with Crippen LogP contribution in [0.15, 0.2) is 42.6 Å². The number of hydrogen-bond donors (Lipinski definition) is 1. The van der Waals surface area contributed by atoms with Gasteiger partial charge < -0.3 is 24.1 Å². The minimum atomic E-state index is -0.292. The highest BCUT2D eigenvalue weighted by Gasteiger charge is 2.19. The monoisotopic (exact) mass is 521 g/mol. The summed E-state index contributed by atoms with van der Waals surface area (Å²) in [7, 11) is 1.42. The molecule has 0 aliphatic carbocycles. The lowest BCUT2D eigenvalue weighted by molar-refractivity contribution is 0.0601. The predicted octanol–water partition coefficient (Wildman–Crippen LogP) is 4.71. The predicted molar refractivity (Wildman–Crippen MR) is 143 cm³/mol. The van der Waals surface area contributed by atoms with Crippen molar-refractivity contribution in [2.75, 3.05) is 57.9 Å². The van der Waals surface area contributed by atoms with E-state index in [1.54, 1.807) is 6.07 Å². The van der Waals surface area contributed by atoms with Crippen LogP contribution < -0.4 is 14.4 Å². The topological polar surface area (TPSA) is 67.0 Å². The van der Waals surface area contributed by atoms with E-state index in [0.717, 1.165) is 74.4 Å². The number of carbonyl (C=O) groups is 1. The number of esters is 1. The number of rotatable bonds is 7. The second-order valence-electron chi connectivity index (χ2n) is 8.68. The minimum absolute atomic E-state index is 0. The maximum Gasteiger partial charge on any atom is 0.337 e. The Kier molecular flexibility index (Phi) is 9.55. The molecule has 2 aromatic carbocycles. The van der Waals surface area contributed by atoms with Crippen molar-refractivity contribution in [3.63, 3.8) is 0 Å². The summed E-state index contributed by atoms with van der Waals surface area (Å²) < 4.78 is 16.2. The van der Waals surface area contributed by atoms with Gasteiger partial charge in [0.25, 0.3) is 0 Å². The van der Waals surface area contributed by atoms with Crippen LogP contribution in [0.1, 0.15) is 28.8 Å². The molecule has 0 spiro atoms. The number of halogens is 2. The molecular formula is C26H33Cl2N3O4. The molecule has 3 aromatic rings. The molecule has 2 aliphatic heterocycles. The summed E-state index contributed by atoms with van der Waals surface area (Å²) in [5.74, 6) is 1.41. The van der Waals surface area contributed by atoms with Crippen LogP contribution in [0.2, 0.25) is 0 Å². The Morgan fingerprint density at radius 1 is 0.971 bits per heavy atom. The standard InChI is InChI=1S/C26H31N3O4.2ClH/c1-31-26(30)19-5-7-23-22(16-19)20(18-27-23)4-2-3-9-28-10-12-29(13-11-28)21-6-8-24-25(17-21)33-15-14-32-24;;/h5-8,16-18,27H,2-4,9-15H2,1H3;2*1H. The van der Waals surface area contributed by atoms with Gasteiger partial charge in [-0.15, -0.1) is 24.8 Å². The van der Waals surface area contributed by atoms with Crippen molar-refractivity contribution >= 4 is 47.4 Å². The smallest absolute Gasteiger partial charge is 0.337 e. The highest BCUT2D eigenvalue weighted by Crippen LogP contribution is 2.34. The number of aryl methyl sites for hydroxylation is 1. The highest BCUT2D eigenvalue weighted by atomic mass is 35.5. The van der Waals surface area contributed by atoms with E-state index in [2.05, 4.69) is 33.1 Å². The number of carbonyl (C=O) groups excluding carboxylic acids is 1. The van der Waals surface area contributed by atoms with Crippen LogP contribution in [0.5, 0.6) is 11.5 Å². The van der Waals surface area contributed by atoms with Crippen LogP contribution in [0.25, 0.3) is 10.9 Å². The molecule has 5 rings (SSSR count). The summed E-state index contributed by atoms with van der Waals surface area (Å²) in [4.78, 5) is 20.2. The summed E-state index contributed by atoms with van der Waals surface area (Å²) in [5.41, 5.74) is 4.14. The highest BCUT2D eigenvalue weighted by molar-refractivity contribution is 5.95. The van der Waals surface area contributed by atoms with Gasteiger partial charge in [0.1, 0.15) is 13.2 Å². The normalized spacial score (nSPS) is 15.3. The van der Waals surface area contributed by atoms with E-state index in [-0.39, 0.29) is 30.8 Å². The fourth-order valence-corrected chi connectivity index (χ4v) is 4.74. The maximum absolute atomic E-state index is 11.8. The molecule has 2 aliphatic rings. The number of fused-ring (bicyclic) bond motifs is 2. The molecule has 35 heavy (non-hydrogen) atoms. The zero-order valence-corrected chi connectivity index (χ0v) is 21.6. The fraction of sp³-hybridized carbons (Fsp3) is 0.423. The van der Waals surface area contributed by atoms with Gasteiger partial charge in [-0.2, -0.15) is 0 Å². The zero-order valence-electron chi connectivity index (χ0n) is 20.0. The summed E-state index contributed by atoms with van der Waals surface area (Å²) >= 11 is 0.